The lowest BCUT2D eigenvalue weighted by atomic mass is 10.1. The van der Waals surface area contributed by atoms with Crippen molar-refractivity contribution in [1.82, 2.24) is 10.2 Å². The summed E-state index contributed by atoms with van der Waals surface area (Å²) in [6, 6.07) is 8.27. The van der Waals surface area contributed by atoms with E-state index in [1.165, 1.54) is 24.0 Å². The van der Waals surface area contributed by atoms with Crippen LogP contribution in [0.4, 0.5) is 4.79 Å². The number of rotatable bonds is 6. The van der Waals surface area contributed by atoms with E-state index in [2.05, 4.69) is 31.3 Å². The number of hydrogen-bond acceptors (Lipinski definition) is 1. The van der Waals surface area contributed by atoms with Gasteiger partial charge in [-0.2, -0.15) is 0 Å². The molecule has 19 heavy (non-hydrogen) atoms. The second kappa shape index (κ2) is 6.60. The van der Waals surface area contributed by atoms with Crippen LogP contribution in [0.5, 0.6) is 0 Å². The molecule has 0 aromatic heterocycles. The monoisotopic (exact) mass is 260 g/mol. The van der Waals surface area contributed by atoms with Gasteiger partial charge in [-0.1, -0.05) is 31.2 Å². The van der Waals surface area contributed by atoms with E-state index in [4.69, 9.17) is 0 Å². The van der Waals surface area contributed by atoms with Crippen LogP contribution < -0.4 is 5.32 Å². The third kappa shape index (κ3) is 4.27. The maximum Gasteiger partial charge on any atom is 0.317 e. The van der Waals surface area contributed by atoms with Crippen molar-refractivity contribution in [3.8, 4) is 0 Å². The first-order valence-electron chi connectivity index (χ1n) is 7.28. The molecular weight excluding hydrogens is 236 g/mol. The highest BCUT2D eigenvalue weighted by Crippen LogP contribution is 2.29. The molecule has 0 radical (unpaired) electrons. The van der Waals surface area contributed by atoms with Crippen molar-refractivity contribution in [2.75, 3.05) is 13.1 Å². The minimum atomic E-state index is 0.0806. The fourth-order valence-corrected chi connectivity index (χ4v) is 2.25. The van der Waals surface area contributed by atoms with Gasteiger partial charge in [0, 0.05) is 19.6 Å². The van der Waals surface area contributed by atoms with Crippen molar-refractivity contribution in [3.05, 3.63) is 35.4 Å². The molecule has 1 aromatic rings. The van der Waals surface area contributed by atoms with Crippen LogP contribution in [0.3, 0.4) is 0 Å². The lowest BCUT2D eigenvalue weighted by Gasteiger charge is -2.22. The van der Waals surface area contributed by atoms with Gasteiger partial charge in [0.2, 0.25) is 0 Å². The van der Waals surface area contributed by atoms with Gasteiger partial charge in [-0.25, -0.2) is 4.79 Å². The summed E-state index contributed by atoms with van der Waals surface area (Å²) in [5, 5.41) is 3.04. The molecule has 1 fully saturated rings. The number of carbonyl (C=O) groups excluding carboxylic acids is 1. The fourth-order valence-electron chi connectivity index (χ4n) is 2.25. The first kappa shape index (κ1) is 13.9. The topological polar surface area (TPSA) is 32.3 Å². The smallest absolute Gasteiger partial charge is 0.317 e. The van der Waals surface area contributed by atoms with Crippen molar-refractivity contribution in [2.45, 2.75) is 39.7 Å². The number of amides is 2. The van der Waals surface area contributed by atoms with Crippen LogP contribution >= 0.6 is 0 Å². The van der Waals surface area contributed by atoms with Crippen LogP contribution in [-0.2, 0) is 6.54 Å². The predicted molar refractivity (Wildman–Crippen MR) is 78.0 cm³/mol. The Labute approximate surface area is 116 Å². The zero-order valence-corrected chi connectivity index (χ0v) is 12.0. The molecule has 0 aliphatic heterocycles. The second-order valence-corrected chi connectivity index (χ2v) is 5.47. The van der Waals surface area contributed by atoms with Gasteiger partial charge in [-0.15, -0.1) is 0 Å². The van der Waals surface area contributed by atoms with Gasteiger partial charge < -0.3 is 10.2 Å². The fraction of sp³-hybridized carbons (Fsp3) is 0.562. The third-order valence-electron chi connectivity index (χ3n) is 3.65. The summed E-state index contributed by atoms with van der Waals surface area (Å²) < 4.78 is 0. The molecule has 0 spiro atoms. The van der Waals surface area contributed by atoms with Gasteiger partial charge in [0.1, 0.15) is 0 Å². The van der Waals surface area contributed by atoms with Crippen LogP contribution in [0.2, 0.25) is 0 Å². The van der Waals surface area contributed by atoms with Crippen LogP contribution in [0.15, 0.2) is 24.3 Å². The predicted octanol–water partition coefficient (Wildman–Crippen LogP) is 3.33. The molecule has 104 valence electrons. The average molecular weight is 260 g/mol. The molecule has 0 heterocycles. The van der Waals surface area contributed by atoms with Crippen molar-refractivity contribution in [3.63, 3.8) is 0 Å². The maximum atomic E-state index is 12.2. The van der Waals surface area contributed by atoms with E-state index in [-0.39, 0.29) is 6.03 Å². The Morgan fingerprint density at radius 2 is 2.11 bits per heavy atom. The van der Waals surface area contributed by atoms with Crippen molar-refractivity contribution in [2.24, 2.45) is 5.92 Å². The lowest BCUT2D eigenvalue weighted by Crippen LogP contribution is -2.41. The zero-order valence-electron chi connectivity index (χ0n) is 12.0. The van der Waals surface area contributed by atoms with Gasteiger partial charge in [-0.05, 0) is 43.2 Å². The van der Waals surface area contributed by atoms with Crippen LogP contribution in [0.1, 0.15) is 37.3 Å². The molecule has 3 heteroatoms. The minimum absolute atomic E-state index is 0.0806. The normalized spacial score (nSPS) is 14.2. The minimum Gasteiger partial charge on any atom is -0.334 e. The molecule has 3 nitrogen and oxygen atoms in total. The highest BCUT2D eigenvalue weighted by molar-refractivity contribution is 5.74. The maximum absolute atomic E-state index is 12.2. The number of urea groups is 1. The van der Waals surface area contributed by atoms with E-state index in [1.807, 2.05) is 17.0 Å². The average Bonchev–Trinajstić information content (AvgIpc) is 3.21. The number of benzene rings is 1. The standard InChI is InChI=1S/C16H24N2O/c1-3-10-18(12-14-8-9-14)16(19)17-11-15-7-5-4-6-13(15)2/h4-7,14H,3,8-12H2,1-2H3,(H,17,19). The number of nitrogens with zero attached hydrogens (tertiary/aromatic N) is 1. The van der Waals surface area contributed by atoms with E-state index >= 15 is 0 Å². The molecule has 1 N–H and O–H groups in total. The quantitative estimate of drug-likeness (QED) is 0.836. The van der Waals surface area contributed by atoms with Crippen LogP contribution in [0.25, 0.3) is 0 Å². The molecule has 2 rings (SSSR count). The summed E-state index contributed by atoms with van der Waals surface area (Å²) in [5.74, 6) is 0.746. The summed E-state index contributed by atoms with van der Waals surface area (Å²) >= 11 is 0. The SMILES string of the molecule is CCCN(CC1CC1)C(=O)NCc1ccccc1C. The Balaban J connectivity index is 1.85. The molecule has 0 unspecified atom stereocenters. The Morgan fingerprint density at radius 1 is 1.37 bits per heavy atom. The number of nitrogens with one attached hydrogen (secondary N) is 1. The van der Waals surface area contributed by atoms with E-state index in [0.29, 0.717) is 6.54 Å². The number of aryl methyl sites for hydroxylation is 1. The summed E-state index contributed by atoms with van der Waals surface area (Å²) in [4.78, 5) is 14.2. The Hall–Kier alpha value is -1.51. The Morgan fingerprint density at radius 3 is 2.74 bits per heavy atom. The first-order valence-corrected chi connectivity index (χ1v) is 7.28. The Bertz CT molecular complexity index is 427. The molecule has 1 saturated carbocycles. The number of carbonyl (C=O) groups is 1. The third-order valence-corrected chi connectivity index (χ3v) is 3.65. The first-order chi connectivity index (χ1) is 9.20. The summed E-state index contributed by atoms with van der Waals surface area (Å²) in [5.41, 5.74) is 2.42. The highest BCUT2D eigenvalue weighted by atomic mass is 16.2. The molecule has 1 aliphatic rings. The zero-order chi connectivity index (χ0) is 13.7. The van der Waals surface area contributed by atoms with Gasteiger partial charge in [0.25, 0.3) is 0 Å². The molecule has 2 amide bonds. The largest absolute Gasteiger partial charge is 0.334 e. The summed E-state index contributed by atoms with van der Waals surface area (Å²) in [6.45, 7) is 6.60. The van der Waals surface area contributed by atoms with E-state index < -0.39 is 0 Å². The number of hydrogen-bond donors (Lipinski definition) is 1. The Kier molecular flexibility index (Phi) is 4.83. The second-order valence-electron chi connectivity index (χ2n) is 5.47. The molecule has 1 aliphatic carbocycles. The van der Waals surface area contributed by atoms with Gasteiger partial charge in [0.05, 0.1) is 0 Å². The van der Waals surface area contributed by atoms with E-state index in [1.54, 1.807) is 0 Å². The molecule has 0 atom stereocenters. The van der Waals surface area contributed by atoms with E-state index in [0.717, 1.165) is 25.4 Å². The molecule has 0 saturated heterocycles. The van der Waals surface area contributed by atoms with Crippen molar-refractivity contribution in [1.29, 1.82) is 0 Å². The molecular formula is C16H24N2O. The summed E-state index contributed by atoms with van der Waals surface area (Å²) in [6.07, 6.45) is 3.58. The molecule has 0 bridgehead atoms. The van der Waals surface area contributed by atoms with Crippen molar-refractivity contribution < 1.29 is 4.79 Å². The van der Waals surface area contributed by atoms with Crippen LogP contribution in [0, 0.1) is 12.8 Å². The van der Waals surface area contributed by atoms with Gasteiger partial charge >= 0.3 is 6.03 Å². The van der Waals surface area contributed by atoms with Gasteiger partial charge in [0.15, 0.2) is 0 Å². The lowest BCUT2D eigenvalue weighted by molar-refractivity contribution is 0.195. The van der Waals surface area contributed by atoms with E-state index in [9.17, 15) is 4.79 Å². The molecule has 1 aromatic carbocycles. The van der Waals surface area contributed by atoms with Gasteiger partial charge in [-0.3, -0.25) is 0 Å². The highest BCUT2D eigenvalue weighted by Gasteiger charge is 2.26. The van der Waals surface area contributed by atoms with Crippen molar-refractivity contribution >= 4 is 6.03 Å². The summed E-state index contributed by atoms with van der Waals surface area (Å²) in [7, 11) is 0. The van der Waals surface area contributed by atoms with Crippen LogP contribution in [-0.4, -0.2) is 24.0 Å².